The van der Waals surface area contributed by atoms with Crippen molar-refractivity contribution >= 4 is 28.5 Å². The quantitative estimate of drug-likeness (QED) is 0.748. The molecule has 1 aromatic carbocycles. The van der Waals surface area contributed by atoms with Gasteiger partial charge in [-0.15, -0.1) is 0 Å². The van der Waals surface area contributed by atoms with Crippen LogP contribution in [0.4, 0.5) is 5.82 Å². The molecule has 0 aliphatic carbocycles. The summed E-state index contributed by atoms with van der Waals surface area (Å²) in [7, 11) is 0. The fraction of sp³-hybridized carbons (Fsp3) is 0.500. The molecule has 114 valence electrons. The first kappa shape index (κ1) is 16.2. The average molecular weight is 302 g/mol. The van der Waals surface area contributed by atoms with E-state index in [0.717, 1.165) is 30.1 Å². The lowest BCUT2D eigenvalue weighted by Crippen LogP contribution is -2.08. The van der Waals surface area contributed by atoms with Gasteiger partial charge in [-0.2, -0.15) is 11.8 Å². The van der Waals surface area contributed by atoms with Crippen LogP contribution in [0.3, 0.4) is 0 Å². The predicted molar refractivity (Wildman–Crippen MR) is 96.1 cm³/mol. The summed E-state index contributed by atoms with van der Waals surface area (Å²) in [5.41, 5.74) is 2.39. The first-order valence-corrected chi connectivity index (χ1v) is 8.90. The SMILES string of the molecule is CCCNc1nc2ccccc2cc1CSC(C)C(C)C. The summed E-state index contributed by atoms with van der Waals surface area (Å²) >= 11 is 2.01. The second-order valence-electron chi connectivity index (χ2n) is 5.88. The van der Waals surface area contributed by atoms with Crippen LogP contribution in [0.25, 0.3) is 10.9 Å². The van der Waals surface area contributed by atoms with Crippen molar-refractivity contribution in [1.29, 1.82) is 0 Å². The summed E-state index contributed by atoms with van der Waals surface area (Å²) in [6.07, 6.45) is 1.11. The van der Waals surface area contributed by atoms with E-state index in [2.05, 4.69) is 57.3 Å². The van der Waals surface area contributed by atoms with E-state index in [4.69, 9.17) is 4.98 Å². The molecule has 2 nitrogen and oxygen atoms in total. The van der Waals surface area contributed by atoms with Crippen molar-refractivity contribution < 1.29 is 0 Å². The van der Waals surface area contributed by atoms with Gasteiger partial charge >= 0.3 is 0 Å². The maximum Gasteiger partial charge on any atom is 0.130 e. The third-order valence-corrected chi connectivity index (χ3v) is 5.33. The van der Waals surface area contributed by atoms with Gasteiger partial charge in [0.25, 0.3) is 0 Å². The van der Waals surface area contributed by atoms with E-state index in [1.54, 1.807) is 0 Å². The number of fused-ring (bicyclic) bond motifs is 1. The molecular formula is C18H26N2S. The molecule has 0 radical (unpaired) electrons. The van der Waals surface area contributed by atoms with Crippen LogP contribution in [0.1, 0.15) is 39.7 Å². The van der Waals surface area contributed by atoms with Crippen LogP contribution in [0, 0.1) is 5.92 Å². The van der Waals surface area contributed by atoms with Crippen molar-refractivity contribution in [2.75, 3.05) is 11.9 Å². The standard InChI is InChI=1S/C18H26N2S/c1-5-10-19-18-16(12-21-14(4)13(2)3)11-15-8-6-7-9-17(15)20-18/h6-9,11,13-14H,5,10,12H2,1-4H3,(H,19,20). The number of hydrogen-bond acceptors (Lipinski definition) is 3. The zero-order valence-corrected chi connectivity index (χ0v) is 14.3. The molecule has 0 saturated carbocycles. The Labute approximate surface area is 132 Å². The monoisotopic (exact) mass is 302 g/mol. The molecule has 1 unspecified atom stereocenters. The molecule has 1 aromatic heterocycles. The number of benzene rings is 1. The molecule has 0 saturated heterocycles. The Bertz CT molecular complexity index is 580. The van der Waals surface area contributed by atoms with E-state index < -0.39 is 0 Å². The van der Waals surface area contributed by atoms with Gasteiger partial charge in [-0.3, -0.25) is 0 Å². The molecule has 0 amide bonds. The van der Waals surface area contributed by atoms with Crippen LogP contribution in [0.2, 0.25) is 0 Å². The summed E-state index contributed by atoms with van der Waals surface area (Å²) in [5, 5.41) is 5.38. The second-order valence-corrected chi connectivity index (χ2v) is 7.24. The number of anilines is 1. The molecular weight excluding hydrogens is 276 g/mol. The number of thioether (sulfide) groups is 1. The van der Waals surface area contributed by atoms with Crippen molar-refractivity contribution in [3.8, 4) is 0 Å². The molecule has 1 atom stereocenters. The molecule has 2 aromatic rings. The van der Waals surface area contributed by atoms with Crippen LogP contribution in [-0.4, -0.2) is 16.8 Å². The summed E-state index contributed by atoms with van der Waals surface area (Å²) in [5.74, 6) is 2.78. The number of nitrogens with zero attached hydrogens (tertiary/aromatic N) is 1. The van der Waals surface area contributed by atoms with E-state index in [0.29, 0.717) is 11.2 Å². The highest BCUT2D eigenvalue weighted by Gasteiger charge is 2.11. The van der Waals surface area contributed by atoms with Crippen molar-refractivity contribution in [2.45, 2.75) is 45.1 Å². The first-order valence-electron chi connectivity index (χ1n) is 7.86. The van der Waals surface area contributed by atoms with Gasteiger partial charge in [-0.05, 0) is 24.5 Å². The van der Waals surface area contributed by atoms with Gasteiger partial charge in [0.15, 0.2) is 0 Å². The zero-order valence-electron chi connectivity index (χ0n) is 13.5. The highest BCUT2D eigenvalue weighted by Crippen LogP contribution is 2.28. The average Bonchev–Trinajstić information content (AvgIpc) is 2.49. The minimum atomic E-state index is 0.662. The number of para-hydroxylation sites is 1. The second kappa shape index (κ2) is 7.69. The lowest BCUT2D eigenvalue weighted by Gasteiger charge is -2.17. The fourth-order valence-corrected chi connectivity index (χ4v) is 3.13. The number of hydrogen-bond donors (Lipinski definition) is 1. The van der Waals surface area contributed by atoms with Gasteiger partial charge in [0.05, 0.1) is 5.52 Å². The Morgan fingerprint density at radius 3 is 2.67 bits per heavy atom. The van der Waals surface area contributed by atoms with Gasteiger partial charge < -0.3 is 5.32 Å². The van der Waals surface area contributed by atoms with Crippen molar-refractivity contribution in [2.24, 2.45) is 5.92 Å². The van der Waals surface area contributed by atoms with Gasteiger partial charge in [0.2, 0.25) is 0 Å². The zero-order chi connectivity index (χ0) is 15.2. The largest absolute Gasteiger partial charge is 0.370 e. The molecule has 21 heavy (non-hydrogen) atoms. The van der Waals surface area contributed by atoms with Gasteiger partial charge in [-0.25, -0.2) is 4.98 Å². The molecule has 3 heteroatoms. The van der Waals surface area contributed by atoms with E-state index in [1.807, 2.05) is 17.8 Å². The number of rotatable bonds is 7. The molecule has 0 aliphatic heterocycles. The topological polar surface area (TPSA) is 24.9 Å². The minimum absolute atomic E-state index is 0.662. The minimum Gasteiger partial charge on any atom is -0.370 e. The summed E-state index contributed by atoms with van der Waals surface area (Å²) < 4.78 is 0. The fourth-order valence-electron chi connectivity index (χ4n) is 2.08. The molecule has 1 heterocycles. The Kier molecular flexibility index (Phi) is 5.92. The normalized spacial score (nSPS) is 12.8. The maximum absolute atomic E-state index is 4.81. The van der Waals surface area contributed by atoms with Crippen LogP contribution in [-0.2, 0) is 5.75 Å². The molecule has 2 rings (SSSR count). The number of nitrogens with one attached hydrogen (secondary N) is 1. The molecule has 0 spiro atoms. The Morgan fingerprint density at radius 1 is 1.19 bits per heavy atom. The Morgan fingerprint density at radius 2 is 1.95 bits per heavy atom. The van der Waals surface area contributed by atoms with Gasteiger partial charge in [0.1, 0.15) is 5.82 Å². The summed E-state index contributed by atoms with van der Waals surface area (Å²) in [6, 6.07) is 10.7. The van der Waals surface area contributed by atoms with Gasteiger partial charge in [-0.1, -0.05) is 45.9 Å². The third kappa shape index (κ3) is 4.37. The molecule has 1 N–H and O–H groups in total. The van der Waals surface area contributed by atoms with E-state index in [9.17, 15) is 0 Å². The number of pyridine rings is 1. The van der Waals surface area contributed by atoms with Crippen molar-refractivity contribution in [3.05, 3.63) is 35.9 Å². The highest BCUT2D eigenvalue weighted by molar-refractivity contribution is 7.99. The Balaban J connectivity index is 2.25. The number of aromatic nitrogens is 1. The summed E-state index contributed by atoms with van der Waals surface area (Å²) in [4.78, 5) is 4.81. The molecule has 0 aliphatic rings. The maximum atomic E-state index is 4.81. The van der Waals surface area contributed by atoms with Crippen LogP contribution in [0.15, 0.2) is 30.3 Å². The highest BCUT2D eigenvalue weighted by atomic mass is 32.2. The van der Waals surface area contributed by atoms with Crippen molar-refractivity contribution in [3.63, 3.8) is 0 Å². The van der Waals surface area contributed by atoms with Gasteiger partial charge in [0, 0.05) is 28.5 Å². The lowest BCUT2D eigenvalue weighted by atomic mass is 10.1. The molecule has 0 bridgehead atoms. The smallest absolute Gasteiger partial charge is 0.130 e. The summed E-state index contributed by atoms with van der Waals surface area (Å²) in [6.45, 7) is 10.0. The van der Waals surface area contributed by atoms with Crippen LogP contribution in [0.5, 0.6) is 0 Å². The predicted octanol–water partition coefficient (Wildman–Crippen LogP) is 5.33. The van der Waals surface area contributed by atoms with Crippen molar-refractivity contribution in [1.82, 2.24) is 4.98 Å². The van der Waals surface area contributed by atoms with Crippen LogP contribution < -0.4 is 5.32 Å². The Hall–Kier alpha value is -1.22. The van der Waals surface area contributed by atoms with E-state index in [1.165, 1.54) is 10.9 Å². The van der Waals surface area contributed by atoms with Crippen LogP contribution >= 0.6 is 11.8 Å². The third-order valence-electron chi connectivity index (χ3n) is 3.79. The first-order chi connectivity index (χ1) is 10.1. The molecule has 0 fully saturated rings. The lowest BCUT2D eigenvalue weighted by molar-refractivity contribution is 0.642. The van der Waals surface area contributed by atoms with E-state index in [-0.39, 0.29) is 0 Å². The van der Waals surface area contributed by atoms with E-state index >= 15 is 0 Å².